The average molecular weight is 266 g/mol. The molecule has 2 N–H and O–H groups in total. The first-order valence-electron chi connectivity index (χ1n) is 5.43. The van der Waals surface area contributed by atoms with Crippen LogP contribution in [0.5, 0.6) is 0 Å². The van der Waals surface area contributed by atoms with Crippen LogP contribution in [0.25, 0.3) is 0 Å². The lowest BCUT2D eigenvalue weighted by atomic mass is 9.89. The van der Waals surface area contributed by atoms with Crippen LogP contribution in [0, 0.1) is 16.7 Å². The lowest BCUT2D eigenvalue weighted by Crippen LogP contribution is -2.60. The van der Waals surface area contributed by atoms with Crippen molar-refractivity contribution in [2.45, 2.75) is 45.3 Å². The number of rotatable bonds is 6. The van der Waals surface area contributed by atoms with Crippen LogP contribution in [0.15, 0.2) is 0 Å². The largest absolute Gasteiger partial charge is 0.480 e. The molecule has 104 valence electrons. The molecule has 0 bridgehead atoms. The molecule has 0 radical (unpaired) electrons. The van der Waals surface area contributed by atoms with Crippen molar-refractivity contribution in [3.63, 3.8) is 0 Å². The first-order chi connectivity index (χ1) is 7.96. The zero-order valence-electron chi connectivity index (χ0n) is 10.6. The van der Waals surface area contributed by atoms with Gasteiger partial charge in [0.2, 0.25) is 5.54 Å². The molecule has 0 saturated heterocycles. The van der Waals surface area contributed by atoms with Gasteiger partial charge in [-0.2, -0.15) is 18.4 Å². The molecule has 0 aromatic rings. The summed E-state index contributed by atoms with van der Waals surface area (Å²) in [5.41, 5.74) is -3.58. The Morgan fingerprint density at radius 2 is 1.83 bits per heavy atom. The van der Waals surface area contributed by atoms with Gasteiger partial charge in [-0.15, -0.1) is 0 Å². The molecule has 0 heterocycles. The van der Waals surface area contributed by atoms with E-state index in [1.165, 1.54) is 0 Å². The van der Waals surface area contributed by atoms with Gasteiger partial charge >= 0.3 is 12.1 Å². The third-order valence-electron chi connectivity index (χ3n) is 2.75. The van der Waals surface area contributed by atoms with Gasteiger partial charge in [0.05, 0.1) is 11.5 Å². The predicted molar refractivity (Wildman–Crippen MR) is 58.7 cm³/mol. The van der Waals surface area contributed by atoms with Gasteiger partial charge in [0.15, 0.2) is 0 Å². The van der Waals surface area contributed by atoms with E-state index in [1.807, 2.05) is 11.4 Å². The highest BCUT2D eigenvalue weighted by molar-refractivity contribution is 5.79. The van der Waals surface area contributed by atoms with Crippen molar-refractivity contribution in [1.29, 1.82) is 5.26 Å². The standard InChI is InChI=1S/C11H17F3N2O2/c1-9(2,7-15)5-4-6-16-10(3,8(17)18)11(12,13)14/h16H,4-6H2,1-3H3,(H,17,18). The lowest BCUT2D eigenvalue weighted by Gasteiger charge is -2.29. The third kappa shape index (κ3) is 4.18. The van der Waals surface area contributed by atoms with Crippen molar-refractivity contribution in [2.75, 3.05) is 6.54 Å². The highest BCUT2D eigenvalue weighted by Gasteiger charge is 2.56. The molecule has 0 fully saturated rings. The molecular weight excluding hydrogens is 249 g/mol. The Balaban J connectivity index is 4.43. The molecule has 7 heteroatoms. The maximum absolute atomic E-state index is 12.6. The lowest BCUT2D eigenvalue weighted by molar-refractivity contribution is -0.205. The number of alkyl halides is 3. The Morgan fingerprint density at radius 3 is 2.17 bits per heavy atom. The summed E-state index contributed by atoms with van der Waals surface area (Å²) in [5, 5.41) is 19.4. The molecule has 0 amide bonds. The van der Waals surface area contributed by atoms with Crippen molar-refractivity contribution < 1.29 is 23.1 Å². The van der Waals surface area contributed by atoms with E-state index in [-0.39, 0.29) is 6.54 Å². The number of nitrogens with zero attached hydrogens (tertiary/aromatic N) is 1. The molecule has 0 aliphatic rings. The minimum absolute atomic E-state index is 0.118. The number of aliphatic carboxylic acids is 1. The number of hydrogen-bond donors (Lipinski definition) is 2. The zero-order chi connectivity index (χ0) is 14.6. The Bertz CT molecular complexity index is 347. The van der Waals surface area contributed by atoms with Crippen molar-refractivity contribution in [2.24, 2.45) is 5.41 Å². The highest BCUT2D eigenvalue weighted by Crippen LogP contribution is 2.30. The number of nitriles is 1. The van der Waals surface area contributed by atoms with E-state index in [0.29, 0.717) is 19.8 Å². The van der Waals surface area contributed by atoms with Crippen LogP contribution in [-0.2, 0) is 4.79 Å². The van der Waals surface area contributed by atoms with E-state index < -0.39 is 23.1 Å². The van der Waals surface area contributed by atoms with E-state index in [2.05, 4.69) is 0 Å². The number of hydrogen-bond acceptors (Lipinski definition) is 3. The maximum atomic E-state index is 12.6. The van der Waals surface area contributed by atoms with Gasteiger partial charge in [-0.1, -0.05) is 0 Å². The number of halogens is 3. The molecule has 0 spiro atoms. The average Bonchev–Trinajstić information content (AvgIpc) is 2.22. The van der Waals surface area contributed by atoms with Gasteiger partial charge in [-0.25, -0.2) is 4.79 Å². The molecule has 0 saturated carbocycles. The van der Waals surface area contributed by atoms with Gasteiger partial charge < -0.3 is 5.11 Å². The van der Waals surface area contributed by atoms with Crippen LogP contribution in [0.1, 0.15) is 33.6 Å². The summed E-state index contributed by atoms with van der Waals surface area (Å²) in [7, 11) is 0. The van der Waals surface area contributed by atoms with Gasteiger partial charge in [0.25, 0.3) is 0 Å². The SMILES string of the molecule is CC(C)(C#N)CCCNC(C)(C(=O)O)C(F)(F)F. The van der Waals surface area contributed by atoms with Crippen molar-refractivity contribution in [3.8, 4) is 6.07 Å². The zero-order valence-corrected chi connectivity index (χ0v) is 10.6. The van der Waals surface area contributed by atoms with E-state index in [9.17, 15) is 18.0 Å². The molecule has 0 aliphatic heterocycles. The van der Waals surface area contributed by atoms with Crippen LogP contribution in [0.3, 0.4) is 0 Å². The molecule has 1 unspecified atom stereocenters. The number of nitrogens with one attached hydrogen (secondary N) is 1. The summed E-state index contributed by atoms with van der Waals surface area (Å²) in [6.07, 6.45) is -4.19. The molecular formula is C11H17F3N2O2. The van der Waals surface area contributed by atoms with Crippen molar-refractivity contribution >= 4 is 5.97 Å². The highest BCUT2D eigenvalue weighted by atomic mass is 19.4. The van der Waals surface area contributed by atoms with Crippen LogP contribution in [0.4, 0.5) is 13.2 Å². The van der Waals surface area contributed by atoms with Crippen LogP contribution >= 0.6 is 0 Å². The maximum Gasteiger partial charge on any atom is 0.417 e. The predicted octanol–water partition coefficient (Wildman–Crippen LogP) is 2.31. The summed E-state index contributed by atoms with van der Waals surface area (Å²) >= 11 is 0. The molecule has 0 rings (SSSR count). The van der Waals surface area contributed by atoms with Gasteiger partial charge in [-0.05, 0) is 40.2 Å². The summed E-state index contributed by atoms with van der Waals surface area (Å²) in [6.45, 7) is 3.82. The summed E-state index contributed by atoms with van der Waals surface area (Å²) in [5.74, 6) is -1.96. The quantitative estimate of drug-likeness (QED) is 0.723. The van der Waals surface area contributed by atoms with Crippen LogP contribution < -0.4 is 5.32 Å². The third-order valence-corrected chi connectivity index (χ3v) is 2.75. The van der Waals surface area contributed by atoms with E-state index >= 15 is 0 Å². The molecule has 18 heavy (non-hydrogen) atoms. The topological polar surface area (TPSA) is 73.1 Å². The van der Waals surface area contributed by atoms with Crippen molar-refractivity contribution in [3.05, 3.63) is 0 Å². The second-order valence-electron chi connectivity index (χ2n) is 4.95. The monoisotopic (exact) mass is 266 g/mol. The molecule has 1 atom stereocenters. The first-order valence-corrected chi connectivity index (χ1v) is 5.43. The van der Waals surface area contributed by atoms with Gasteiger partial charge in [0, 0.05) is 0 Å². The fraction of sp³-hybridized carbons (Fsp3) is 0.818. The van der Waals surface area contributed by atoms with E-state index in [4.69, 9.17) is 10.4 Å². The Labute approximate surface area is 104 Å². The Morgan fingerprint density at radius 1 is 1.33 bits per heavy atom. The number of carboxylic acids is 1. The second kappa shape index (κ2) is 5.57. The van der Waals surface area contributed by atoms with Crippen LogP contribution in [-0.4, -0.2) is 29.3 Å². The minimum atomic E-state index is -4.87. The molecule has 0 aliphatic carbocycles. The van der Waals surface area contributed by atoms with Gasteiger partial charge in [-0.3, -0.25) is 5.32 Å². The van der Waals surface area contributed by atoms with Crippen molar-refractivity contribution in [1.82, 2.24) is 5.32 Å². The number of carbonyl (C=O) groups is 1. The van der Waals surface area contributed by atoms with Gasteiger partial charge in [0.1, 0.15) is 0 Å². The van der Waals surface area contributed by atoms with Crippen LogP contribution in [0.2, 0.25) is 0 Å². The Kier molecular flexibility index (Phi) is 5.17. The number of carboxylic acid groups (broad SMARTS) is 1. The Hall–Kier alpha value is -1.29. The minimum Gasteiger partial charge on any atom is -0.480 e. The molecule has 4 nitrogen and oxygen atoms in total. The summed E-state index contributed by atoms with van der Waals surface area (Å²) in [4.78, 5) is 10.7. The van der Waals surface area contributed by atoms with E-state index in [0.717, 1.165) is 0 Å². The first kappa shape index (κ1) is 16.7. The van der Waals surface area contributed by atoms with E-state index in [1.54, 1.807) is 13.8 Å². The molecule has 0 aromatic heterocycles. The normalized spacial score (nSPS) is 15.8. The second-order valence-corrected chi connectivity index (χ2v) is 4.95. The summed E-state index contributed by atoms with van der Waals surface area (Å²) < 4.78 is 37.8. The fourth-order valence-corrected chi connectivity index (χ4v) is 1.22. The molecule has 0 aromatic carbocycles. The smallest absolute Gasteiger partial charge is 0.417 e. The summed E-state index contributed by atoms with van der Waals surface area (Å²) in [6, 6.07) is 2.03. The fourth-order valence-electron chi connectivity index (χ4n) is 1.22.